The van der Waals surface area contributed by atoms with Gasteiger partial charge in [-0.3, -0.25) is 4.90 Å². The molecule has 1 saturated heterocycles. The van der Waals surface area contributed by atoms with Crippen LogP contribution in [0.4, 0.5) is 0 Å². The van der Waals surface area contributed by atoms with Crippen LogP contribution in [0.1, 0.15) is 52.7 Å². The van der Waals surface area contributed by atoms with Crippen molar-refractivity contribution in [1.29, 1.82) is 0 Å². The molecule has 3 rings (SSSR count). The summed E-state index contributed by atoms with van der Waals surface area (Å²) in [5.74, 6) is 0. The molecule has 1 aliphatic rings. The van der Waals surface area contributed by atoms with Gasteiger partial charge in [-0.2, -0.15) is 4.31 Å². The number of hydrogen-bond donors (Lipinski definition) is 1. The third-order valence-electron chi connectivity index (χ3n) is 6.44. The van der Waals surface area contributed by atoms with Gasteiger partial charge in [-0.05, 0) is 46.2 Å². The van der Waals surface area contributed by atoms with E-state index in [2.05, 4.69) is 51.2 Å². The van der Waals surface area contributed by atoms with Crippen molar-refractivity contribution in [2.24, 2.45) is 0 Å². The van der Waals surface area contributed by atoms with Gasteiger partial charge in [-0.25, -0.2) is 21.6 Å². The third kappa shape index (κ3) is 6.92. The molecule has 0 radical (unpaired) electrons. The van der Waals surface area contributed by atoms with Gasteiger partial charge < -0.3 is 0 Å². The Labute approximate surface area is 211 Å². The minimum absolute atomic E-state index is 0.0364. The van der Waals surface area contributed by atoms with Crippen molar-refractivity contribution in [3.8, 4) is 0 Å². The first-order chi connectivity index (χ1) is 16.1. The minimum Gasteiger partial charge on any atom is -0.299 e. The fourth-order valence-corrected chi connectivity index (χ4v) is 6.47. The van der Waals surface area contributed by atoms with Crippen LogP contribution in [0.3, 0.4) is 0 Å². The Kier molecular flexibility index (Phi) is 8.18. The van der Waals surface area contributed by atoms with E-state index < -0.39 is 20.0 Å². The van der Waals surface area contributed by atoms with E-state index in [-0.39, 0.29) is 22.3 Å². The summed E-state index contributed by atoms with van der Waals surface area (Å²) in [6.45, 7) is 15.2. The number of sulfonamides is 2. The largest absolute Gasteiger partial charge is 0.299 e. The van der Waals surface area contributed by atoms with Gasteiger partial charge in [0.1, 0.15) is 0 Å². The lowest BCUT2D eigenvalue weighted by atomic mass is 9.87. The van der Waals surface area contributed by atoms with Gasteiger partial charge >= 0.3 is 0 Å². The minimum atomic E-state index is -3.59. The summed E-state index contributed by atoms with van der Waals surface area (Å²) < 4.78 is 55.6. The van der Waals surface area contributed by atoms with Crippen molar-refractivity contribution >= 4 is 20.0 Å². The normalized spacial score (nSPS) is 17.0. The van der Waals surface area contributed by atoms with Gasteiger partial charge in [0.25, 0.3) is 0 Å². The molecule has 1 aliphatic heterocycles. The molecular formula is C26H39N3O4S2. The van der Waals surface area contributed by atoms with Gasteiger partial charge in [0, 0.05) is 39.3 Å². The maximum absolute atomic E-state index is 13.1. The molecule has 0 unspecified atom stereocenters. The highest BCUT2D eigenvalue weighted by molar-refractivity contribution is 7.89. The van der Waals surface area contributed by atoms with Crippen molar-refractivity contribution in [3.05, 3.63) is 59.7 Å². The Hall–Kier alpha value is -1.78. The number of rotatable bonds is 7. The van der Waals surface area contributed by atoms with Gasteiger partial charge in [0.2, 0.25) is 20.0 Å². The molecule has 1 heterocycles. The molecular weight excluding hydrogens is 482 g/mol. The highest BCUT2D eigenvalue weighted by Crippen LogP contribution is 2.25. The van der Waals surface area contributed by atoms with E-state index in [0.717, 1.165) is 11.1 Å². The van der Waals surface area contributed by atoms with Crippen molar-refractivity contribution in [2.75, 3.05) is 39.3 Å². The zero-order valence-corrected chi connectivity index (χ0v) is 23.3. The van der Waals surface area contributed by atoms with Crippen molar-refractivity contribution in [2.45, 2.75) is 62.2 Å². The van der Waals surface area contributed by atoms with Crippen LogP contribution >= 0.6 is 0 Å². The Balaban J connectivity index is 1.51. The average Bonchev–Trinajstić information content (AvgIpc) is 2.78. The maximum atomic E-state index is 13.1. The summed E-state index contributed by atoms with van der Waals surface area (Å²) in [4.78, 5) is 2.64. The fourth-order valence-electron chi connectivity index (χ4n) is 4.03. The van der Waals surface area contributed by atoms with Crippen LogP contribution in [0.25, 0.3) is 0 Å². The summed E-state index contributed by atoms with van der Waals surface area (Å²) in [5, 5.41) is 0. The summed E-state index contributed by atoms with van der Waals surface area (Å²) in [6, 6.07) is 14.1. The average molecular weight is 522 g/mol. The van der Waals surface area contributed by atoms with Gasteiger partial charge in [-0.15, -0.1) is 0 Å². The van der Waals surface area contributed by atoms with Crippen LogP contribution in [-0.4, -0.2) is 65.3 Å². The first-order valence-electron chi connectivity index (χ1n) is 12.0. The highest BCUT2D eigenvalue weighted by Gasteiger charge is 2.29. The molecule has 1 N–H and O–H groups in total. The number of nitrogens with zero attached hydrogens (tertiary/aromatic N) is 2. The molecule has 2 aromatic carbocycles. The van der Waals surface area contributed by atoms with Crippen LogP contribution in [0, 0.1) is 0 Å². The lowest BCUT2D eigenvalue weighted by molar-refractivity contribution is 0.191. The van der Waals surface area contributed by atoms with Crippen LogP contribution < -0.4 is 4.72 Å². The Bertz CT molecular complexity index is 1200. The van der Waals surface area contributed by atoms with Crippen molar-refractivity contribution < 1.29 is 16.8 Å². The zero-order valence-electron chi connectivity index (χ0n) is 21.7. The maximum Gasteiger partial charge on any atom is 0.243 e. The predicted octanol–water partition coefficient (Wildman–Crippen LogP) is 3.57. The molecule has 0 aliphatic carbocycles. The molecule has 0 amide bonds. The highest BCUT2D eigenvalue weighted by atomic mass is 32.2. The standard InChI is InChI=1S/C26H39N3O4S2/c1-25(2,3)21-7-11-23(12-8-21)34(30,31)27-15-16-28-17-19-29(20-18-28)35(32,33)24-13-9-22(10-14-24)26(4,5)6/h7-14,27H,15-20H2,1-6H3. The van der Waals surface area contributed by atoms with Gasteiger partial charge in [0.05, 0.1) is 9.79 Å². The Morgan fingerprint density at radius 1 is 0.686 bits per heavy atom. The van der Waals surface area contributed by atoms with E-state index in [4.69, 9.17) is 0 Å². The van der Waals surface area contributed by atoms with E-state index in [1.54, 1.807) is 24.3 Å². The van der Waals surface area contributed by atoms with Crippen LogP contribution in [0.2, 0.25) is 0 Å². The molecule has 0 bridgehead atoms. The molecule has 0 saturated carbocycles. The monoisotopic (exact) mass is 521 g/mol. The Morgan fingerprint density at radius 3 is 1.54 bits per heavy atom. The summed E-state index contributed by atoms with van der Waals surface area (Å²) in [7, 11) is -7.14. The molecule has 0 spiro atoms. The fraction of sp³-hybridized carbons (Fsp3) is 0.538. The Morgan fingerprint density at radius 2 is 1.11 bits per heavy atom. The number of benzene rings is 2. The lowest BCUT2D eigenvalue weighted by Gasteiger charge is -2.34. The first kappa shape index (κ1) is 27.8. The van der Waals surface area contributed by atoms with E-state index in [1.807, 2.05) is 24.3 Å². The third-order valence-corrected chi connectivity index (χ3v) is 9.83. The SMILES string of the molecule is CC(C)(C)c1ccc(S(=O)(=O)NCCN2CCN(S(=O)(=O)c3ccc(C(C)(C)C)cc3)CC2)cc1. The van der Waals surface area contributed by atoms with E-state index in [1.165, 1.54) is 4.31 Å². The molecule has 35 heavy (non-hydrogen) atoms. The summed E-state index contributed by atoms with van der Waals surface area (Å²) >= 11 is 0. The predicted molar refractivity (Wildman–Crippen MR) is 141 cm³/mol. The van der Waals surface area contributed by atoms with E-state index in [9.17, 15) is 16.8 Å². The number of hydrogen-bond acceptors (Lipinski definition) is 5. The number of nitrogens with one attached hydrogen (secondary N) is 1. The van der Waals surface area contributed by atoms with Gasteiger partial charge in [-0.1, -0.05) is 65.8 Å². The van der Waals surface area contributed by atoms with Gasteiger partial charge in [0.15, 0.2) is 0 Å². The number of piperazine rings is 1. The molecule has 2 aromatic rings. The van der Waals surface area contributed by atoms with E-state index >= 15 is 0 Å². The second-order valence-electron chi connectivity index (χ2n) is 11.2. The quantitative estimate of drug-likeness (QED) is 0.602. The second-order valence-corrected chi connectivity index (χ2v) is 14.9. The lowest BCUT2D eigenvalue weighted by Crippen LogP contribution is -2.50. The van der Waals surface area contributed by atoms with Crippen LogP contribution in [0.15, 0.2) is 58.3 Å². The molecule has 7 nitrogen and oxygen atoms in total. The second kappa shape index (κ2) is 10.3. The molecule has 9 heteroatoms. The smallest absolute Gasteiger partial charge is 0.243 e. The first-order valence-corrected chi connectivity index (χ1v) is 15.0. The summed E-state index contributed by atoms with van der Waals surface area (Å²) in [6.07, 6.45) is 0. The molecule has 0 atom stereocenters. The van der Waals surface area contributed by atoms with E-state index in [0.29, 0.717) is 37.6 Å². The molecule has 194 valence electrons. The molecule has 0 aromatic heterocycles. The molecule has 1 fully saturated rings. The topological polar surface area (TPSA) is 86.8 Å². The van der Waals surface area contributed by atoms with Crippen molar-refractivity contribution in [3.63, 3.8) is 0 Å². The van der Waals surface area contributed by atoms with Crippen LogP contribution in [0.5, 0.6) is 0 Å². The summed E-state index contributed by atoms with van der Waals surface area (Å²) in [5.41, 5.74) is 2.09. The zero-order chi connectivity index (χ0) is 26.1. The van der Waals surface area contributed by atoms with Crippen molar-refractivity contribution in [1.82, 2.24) is 13.9 Å². The van der Waals surface area contributed by atoms with Crippen LogP contribution in [-0.2, 0) is 30.9 Å².